The second-order valence-corrected chi connectivity index (χ2v) is 10.3. The molecule has 2 aromatic carbocycles. The minimum absolute atomic E-state index is 0.00410. The molecule has 7 nitrogen and oxygen atoms in total. The topological polar surface area (TPSA) is 74.1 Å². The second kappa shape index (κ2) is 9.44. The Balaban J connectivity index is 1.31. The summed E-state index contributed by atoms with van der Waals surface area (Å²) in [6.45, 7) is 3.71. The van der Waals surface area contributed by atoms with E-state index >= 15 is 0 Å². The van der Waals surface area contributed by atoms with Gasteiger partial charge in [0.05, 0.1) is 18.3 Å². The summed E-state index contributed by atoms with van der Waals surface area (Å²) in [6, 6.07) is 19.0. The zero-order valence-corrected chi connectivity index (χ0v) is 19.3. The van der Waals surface area contributed by atoms with Gasteiger partial charge in [0.2, 0.25) is 15.9 Å². The lowest BCUT2D eigenvalue weighted by Gasteiger charge is -2.35. The Morgan fingerprint density at radius 2 is 1.69 bits per heavy atom. The number of furan rings is 1. The molecule has 4 rings (SSSR count). The number of piperazine rings is 1. The standard InChI is InChI=1S/C24H29N3O4S/c1-19(23-16-21-10-6-7-11-22(21)31-23)25(2)17-24(28)26-12-14-27(15-13-26)32(29,30)18-20-8-4-3-5-9-20/h3-11,16,19H,12-15,17-18H2,1-2H3/t19-/m0/s1. The van der Waals surface area contributed by atoms with Crippen molar-refractivity contribution in [1.29, 1.82) is 0 Å². The first kappa shape index (κ1) is 22.5. The van der Waals surface area contributed by atoms with Crippen LogP contribution < -0.4 is 0 Å². The minimum atomic E-state index is -3.40. The fourth-order valence-corrected chi connectivity index (χ4v) is 5.48. The summed E-state index contributed by atoms with van der Waals surface area (Å²) in [7, 11) is -1.50. The molecule has 0 radical (unpaired) electrons. The van der Waals surface area contributed by atoms with Crippen LogP contribution in [0.5, 0.6) is 0 Å². The first-order chi connectivity index (χ1) is 15.3. The zero-order chi connectivity index (χ0) is 22.7. The van der Waals surface area contributed by atoms with Crippen molar-refractivity contribution in [1.82, 2.24) is 14.1 Å². The summed E-state index contributed by atoms with van der Waals surface area (Å²) in [5.74, 6) is 0.799. The smallest absolute Gasteiger partial charge is 0.236 e. The Bertz CT molecular complexity index is 1140. The van der Waals surface area contributed by atoms with Gasteiger partial charge in [0.25, 0.3) is 0 Å². The molecule has 1 aromatic heterocycles. The van der Waals surface area contributed by atoms with Gasteiger partial charge in [0, 0.05) is 31.6 Å². The van der Waals surface area contributed by atoms with Gasteiger partial charge in [-0.3, -0.25) is 9.69 Å². The number of amides is 1. The second-order valence-electron chi connectivity index (χ2n) is 8.30. The number of carbonyl (C=O) groups excluding carboxylic acids is 1. The molecule has 0 unspecified atom stereocenters. The van der Waals surface area contributed by atoms with Crippen molar-refractivity contribution in [3.05, 3.63) is 72.0 Å². The van der Waals surface area contributed by atoms with E-state index in [1.165, 1.54) is 4.31 Å². The number of hydrogen-bond acceptors (Lipinski definition) is 5. The Labute approximate surface area is 189 Å². The normalized spacial score (nSPS) is 16.5. The third kappa shape index (κ3) is 5.03. The highest BCUT2D eigenvalue weighted by Gasteiger charge is 2.30. The lowest BCUT2D eigenvalue weighted by Crippen LogP contribution is -2.52. The molecule has 1 amide bonds. The zero-order valence-electron chi connectivity index (χ0n) is 18.5. The van der Waals surface area contributed by atoms with Crippen molar-refractivity contribution in [3.63, 3.8) is 0 Å². The fourth-order valence-electron chi connectivity index (χ4n) is 3.97. The van der Waals surface area contributed by atoms with Gasteiger partial charge in [-0.1, -0.05) is 48.5 Å². The SMILES string of the molecule is C[C@@H](c1cc2ccccc2o1)N(C)CC(=O)N1CCN(S(=O)(=O)Cc2ccccc2)CC1. The van der Waals surface area contributed by atoms with E-state index in [2.05, 4.69) is 0 Å². The summed E-state index contributed by atoms with van der Waals surface area (Å²) in [5, 5.41) is 1.04. The van der Waals surface area contributed by atoms with Gasteiger partial charge in [0.1, 0.15) is 11.3 Å². The molecule has 0 spiro atoms. The van der Waals surface area contributed by atoms with Crippen LogP contribution in [0.15, 0.2) is 65.1 Å². The molecule has 32 heavy (non-hydrogen) atoms. The van der Waals surface area contributed by atoms with Gasteiger partial charge in [-0.2, -0.15) is 4.31 Å². The lowest BCUT2D eigenvalue weighted by molar-refractivity contribution is -0.133. The quantitative estimate of drug-likeness (QED) is 0.547. The highest BCUT2D eigenvalue weighted by atomic mass is 32.2. The van der Waals surface area contributed by atoms with Gasteiger partial charge in [0.15, 0.2) is 0 Å². The van der Waals surface area contributed by atoms with E-state index in [9.17, 15) is 13.2 Å². The largest absolute Gasteiger partial charge is 0.459 e. The van der Waals surface area contributed by atoms with Crippen molar-refractivity contribution in [3.8, 4) is 0 Å². The van der Waals surface area contributed by atoms with E-state index in [4.69, 9.17) is 4.42 Å². The third-order valence-corrected chi connectivity index (χ3v) is 7.93. The van der Waals surface area contributed by atoms with Crippen LogP contribution in [0.4, 0.5) is 0 Å². The molecule has 170 valence electrons. The van der Waals surface area contributed by atoms with Crippen molar-refractivity contribution < 1.29 is 17.6 Å². The molecule has 8 heteroatoms. The highest BCUT2D eigenvalue weighted by molar-refractivity contribution is 7.88. The Morgan fingerprint density at radius 3 is 2.38 bits per heavy atom. The van der Waals surface area contributed by atoms with Crippen LogP contribution in [-0.2, 0) is 20.6 Å². The predicted octanol–water partition coefficient (Wildman–Crippen LogP) is 3.10. The van der Waals surface area contributed by atoms with Gasteiger partial charge >= 0.3 is 0 Å². The van der Waals surface area contributed by atoms with Crippen LogP contribution in [0.1, 0.15) is 24.3 Å². The van der Waals surface area contributed by atoms with Crippen LogP contribution in [0.25, 0.3) is 11.0 Å². The summed E-state index contributed by atoms with van der Waals surface area (Å²) < 4.78 is 32.9. The first-order valence-electron chi connectivity index (χ1n) is 10.8. The van der Waals surface area contributed by atoms with E-state index in [0.29, 0.717) is 26.2 Å². The van der Waals surface area contributed by atoms with E-state index in [1.54, 1.807) is 4.90 Å². The Hall–Kier alpha value is -2.68. The van der Waals surface area contributed by atoms with E-state index in [0.717, 1.165) is 22.3 Å². The maximum atomic E-state index is 12.8. The van der Waals surface area contributed by atoms with Crippen LogP contribution in [-0.4, -0.2) is 68.2 Å². The van der Waals surface area contributed by atoms with Gasteiger partial charge in [-0.25, -0.2) is 8.42 Å². The number of benzene rings is 2. The van der Waals surface area contributed by atoms with Crippen molar-refractivity contribution in [2.24, 2.45) is 0 Å². The van der Waals surface area contributed by atoms with Gasteiger partial charge in [-0.15, -0.1) is 0 Å². The van der Waals surface area contributed by atoms with Crippen molar-refractivity contribution in [2.45, 2.75) is 18.7 Å². The average Bonchev–Trinajstić information content (AvgIpc) is 3.23. The number of para-hydroxylation sites is 1. The summed E-state index contributed by atoms with van der Waals surface area (Å²) in [6.07, 6.45) is 0. The van der Waals surface area contributed by atoms with E-state index in [1.807, 2.05) is 79.5 Å². The molecule has 0 bridgehead atoms. The molecule has 1 fully saturated rings. The number of nitrogens with zero attached hydrogens (tertiary/aromatic N) is 3. The van der Waals surface area contributed by atoms with E-state index < -0.39 is 10.0 Å². The van der Waals surface area contributed by atoms with Crippen LogP contribution in [0.2, 0.25) is 0 Å². The number of likely N-dealkylation sites (N-methyl/N-ethyl adjacent to an activating group) is 1. The molecule has 0 aliphatic carbocycles. The average molecular weight is 456 g/mol. The highest BCUT2D eigenvalue weighted by Crippen LogP contribution is 2.26. The summed E-state index contributed by atoms with van der Waals surface area (Å²) in [5.41, 5.74) is 1.61. The van der Waals surface area contributed by atoms with Crippen LogP contribution in [0.3, 0.4) is 0 Å². The molecule has 0 saturated carbocycles. The Morgan fingerprint density at radius 1 is 1.03 bits per heavy atom. The molecule has 2 heterocycles. The molecule has 3 aromatic rings. The van der Waals surface area contributed by atoms with Gasteiger partial charge in [-0.05, 0) is 31.7 Å². The lowest BCUT2D eigenvalue weighted by atomic mass is 10.2. The van der Waals surface area contributed by atoms with Crippen molar-refractivity contribution in [2.75, 3.05) is 39.8 Å². The number of sulfonamides is 1. The monoisotopic (exact) mass is 455 g/mol. The maximum Gasteiger partial charge on any atom is 0.236 e. The number of hydrogen-bond donors (Lipinski definition) is 0. The fraction of sp³-hybridized carbons (Fsp3) is 0.375. The first-order valence-corrected chi connectivity index (χ1v) is 12.4. The van der Waals surface area contributed by atoms with E-state index in [-0.39, 0.29) is 24.2 Å². The molecular weight excluding hydrogens is 426 g/mol. The molecule has 0 N–H and O–H groups in total. The predicted molar refractivity (Wildman–Crippen MR) is 124 cm³/mol. The third-order valence-electron chi connectivity index (χ3n) is 6.08. The molecule has 1 saturated heterocycles. The summed E-state index contributed by atoms with van der Waals surface area (Å²) in [4.78, 5) is 16.6. The molecule has 1 aliphatic heterocycles. The summed E-state index contributed by atoms with van der Waals surface area (Å²) >= 11 is 0. The molecule has 1 aliphatic rings. The van der Waals surface area contributed by atoms with Crippen molar-refractivity contribution >= 4 is 26.9 Å². The number of fused-ring (bicyclic) bond motifs is 1. The number of rotatable bonds is 7. The number of carbonyl (C=O) groups is 1. The van der Waals surface area contributed by atoms with Gasteiger partial charge < -0.3 is 9.32 Å². The minimum Gasteiger partial charge on any atom is -0.459 e. The molecule has 1 atom stereocenters. The van der Waals surface area contributed by atoms with Crippen LogP contribution >= 0.6 is 0 Å². The Kier molecular flexibility index (Phi) is 6.64. The maximum absolute atomic E-state index is 12.8. The molecular formula is C24H29N3O4S. The van der Waals surface area contributed by atoms with Crippen LogP contribution in [0, 0.1) is 0 Å².